The number of allylic oxidation sites excluding steroid dienone is 1. The third kappa shape index (κ3) is 4.86. The largest absolute Gasteiger partial charge is 0.466 e. The number of carbonyl (C=O) groups excluding carboxylic acids is 1. The second-order valence-electron chi connectivity index (χ2n) is 7.29. The van der Waals surface area contributed by atoms with Crippen molar-refractivity contribution >= 4 is 12.0 Å². The summed E-state index contributed by atoms with van der Waals surface area (Å²) >= 11 is 0. The molecule has 0 spiro atoms. The van der Waals surface area contributed by atoms with Gasteiger partial charge >= 0.3 is 5.97 Å². The molecule has 0 radical (unpaired) electrons. The highest BCUT2D eigenvalue weighted by Gasteiger charge is 2.42. The number of carbonyl (C=O) groups is 1. The van der Waals surface area contributed by atoms with Crippen LogP contribution >= 0.6 is 0 Å². The number of hydrogen-bond acceptors (Lipinski definition) is 4. The summed E-state index contributed by atoms with van der Waals surface area (Å²) in [5.74, 6) is 0.946. The predicted octanol–water partition coefficient (Wildman–Crippen LogP) is 3.67. The van der Waals surface area contributed by atoms with Crippen molar-refractivity contribution in [3.63, 3.8) is 0 Å². The molecule has 5 nitrogen and oxygen atoms in total. The second-order valence-corrected chi connectivity index (χ2v) is 7.29. The average Bonchev–Trinajstić information content (AvgIpc) is 3.08. The van der Waals surface area contributed by atoms with E-state index in [4.69, 9.17) is 4.74 Å². The minimum Gasteiger partial charge on any atom is -0.466 e. The lowest BCUT2D eigenvalue weighted by Gasteiger charge is -2.40. The van der Waals surface area contributed by atoms with Gasteiger partial charge in [0, 0.05) is 26.0 Å². The topological polar surface area (TPSA) is 47.4 Å². The molecule has 0 aliphatic carbocycles. The Hall–Kier alpha value is -2.40. The van der Waals surface area contributed by atoms with Crippen LogP contribution in [0.5, 0.6) is 0 Å². The first-order chi connectivity index (χ1) is 13.1. The Morgan fingerprint density at radius 1 is 1.33 bits per heavy atom. The third-order valence-corrected chi connectivity index (χ3v) is 5.27. The van der Waals surface area contributed by atoms with Crippen molar-refractivity contribution in [3.8, 4) is 0 Å². The molecule has 1 aromatic heterocycles. The molecule has 0 saturated carbocycles. The van der Waals surface area contributed by atoms with Gasteiger partial charge in [-0.25, -0.2) is 4.98 Å². The van der Waals surface area contributed by atoms with Gasteiger partial charge in [0.05, 0.1) is 18.6 Å². The smallest absolute Gasteiger partial charge is 0.313 e. The molecule has 0 bridgehead atoms. The van der Waals surface area contributed by atoms with Crippen LogP contribution in [0.2, 0.25) is 0 Å². The Bertz CT molecular complexity index is 769. The number of hydrogen-bond donors (Lipinski definition) is 0. The van der Waals surface area contributed by atoms with E-state index in [1.54, 1.807) is 0 Å². The summed E-state index contributed by atoms with van der Waals surface area (Å²) in [6.45, 7) is 4.74. The van der Waals surface area contributed by atoms with Gasteiger partial charge < -0.3 is 9.30 Å². The van der Waals surface area contributed by atoms with E-state index in [0.717, 1.165) is 37.3 Å². The summed E-state index contributed by atoms with van der Waals surface area (Å²) in [4.78, 5) is 19.6. The summed E-state index contributed by atoms with van der Waals surface area (Å²) in [6, 6.07) is 10.2. The molecule has 0 amide bonds. The normalized spacial score (nSPS) is 20.8. The maximum Gasteiger partial charge on any atom is 0.313 e. The summed E-state index contributed by atoms with van der Waals surface area (Å²) in [5, 5.41) is 0. The number of esters is 1. The van der Waals surface area contributed by atoms with Gasteiger partial charge in [-0.15, -0.1) is 0 Å². The number of aryl methyl sites for hydroxylation is 1. The van der Waals surface area contributed by atoms with Gasteiger partial charge in [-0.3, -0.25) is 9.69 Å². The first kappa shape index (κ1) is 19.4. The van der Waals surface area contributed by atoms with Crippen molar-refractivity contribution < 1.29 is 9.53 Å². The monoisotopic (exact) mass is 367 g/mol. The Morgan fingerprint density at radius 3 is 2.85 bits per heavy atom. The molecule has 2 aromatic rings. The fraction of sp³-hybridized carbons (Fsp3) is 0.455. The number of nitrogens with zero attached hydrogens (tertiary/aromatic N) is 3. The minimum atomic E-state index is -0.481. The van der Waals surface area contributed by atoms with E-state index in [1.807, 2.05) is 49.1 Å². The van der Waals surface area contributed by atoms with E-state index in [0.29, 0.717) is 19.6 Å². The maximum absolute atomic E-state index is 12.9. The van der Waals surface area contributed by atoms with E-state index < -0.39 is 5.41 Å². The summed E-state index contributed by atoms with van der Waals surface area (Å²) < 4.78 is 7.51. The molecule has 27 heavy (non-hydrogen) atoms. The van der Waals surface area contributed by atoms with E-state index in [1.165, 1.54) is 0 Å². The van der Waals surface area contributed by atoms with Crippen molar-refractivity contribution in [2.75, 3.05) is 19.7 Å². The van der Waals surface area contributed by atoms with Crippen molar-refractivity contribution in [2.24, 2.45) is 12.5 Å². The lowest BCUT2D eigenvalue weighted by molar-refractivity contribution is -0.159. The van der Waals surface area contributed by atoms with Gasteiger partial charge in [0.15, 0.2) is 0 Å². The molecule has 0 N–H and O–H groups in total. The standard InChI is InChI=1S/C22H29N3O2/c1-3-27-21(26)22(12-7-11-19-9-5-4-6-10-19)13-8-15-25(18-22)17-20-23-14-16-24(20)2/h4-7,9-11,14,16H,3,8,12-13,15,17-18H2,1-2H3/b11-7+. The number of aromatic nitrogens is 2. The van der Waals surface area contributed by atoms with Crippen LogP contribution in [-0.4, -0.2) is 40.1 Å². The Labute approximate surface area is 161 Å². The van der Waals surface area contributed by atoms with Gasteiger partial charge in [0.1, 0.15) is 5.82 Å². The third-order valence-electron chi connectivity index (χ3n) is 5.27. The SMILES string of the molecule is CCOC(=O)C1(C/C=C/c2ccccc2)CCCN(Cc2nccn2C)C1. The minimum absolute atomic E-state index is 0.0766. The highest BCUT2D eigenvalue weighted by Crippen LogP contribution is 2.36. The van der Waals surface area contributed by atoms with Crippen LogP contribution in [0.1, 0.15) is 37.6 Å². The van der Waals surface area contributed by atoms with Crippen LogP contribution in [-0.2, 0) is 23.1 Å². The average molecular weight is 367 g/mol. The van der Waals surface area contributed by atoms with E-state index >= 15 is 0 Å². The number of benzene rings is 1. The molecule has 1 aliphatic heterocycles. The van der Waals surface area contributed by atoms with Gasteiger partial charge in [-0.05, 0) is 38.3 Å². The van der Waals surface area contributed by atoms with E-state index in [9.17, 15) is 4.79 Å². The molecule has 2 heterocycles. The molecule has 5 heteroatoms. The van der Waals surface area contributed by atoms with E-state index in [-0.39, 0.29) is 5.97 Å². The fourth-order valence-electron chi connectivity index (χ4n) is 3.80. The number of ether oxygens (including phenoxy) is 1. The van der Waals surface area contributed by atoms with Crippen LogP contribution in [0.15, 0.2) is 48.8 Å². The van der Waals surface area contributed by atoms with Gasteiger partial charge in [-0.2, -0.15) is 0 Å². The van der Waals surface area contributed by atoms with E-state index in [2.05, 4.69) is 34.2 Å². The molecule has 1 atom stereocenters. The zero-order chi connectivity index (χ0) is 19.1. The number of piperidine rings is 1. The summed E-state index contributed by atoms with van der Waals surface area (Å²) in [7, 11) is 2.01. The van der Waals surface area contributed by atoms with Crippen LogP contribution in [0, 0.1) is 5.41 Å². The molecule has 3 rings (SSSR count). The predicted molar refractivity (Wildman–Crippen MR) is 107 cm³/mol. The lowest BCUT2D eigenvalue weighted by atomic mass is 9.76. The Morgan fingerprint density at radius 2 is 2.15 bits per heavy atom. The van der Waals surface area contributed by atoms with Crippen molar-refractivity contribution in [3.05, 3.63) is 60.2 Å². The first-order valence-electron chi connectivity index (χ1n) is 9.70. The van der Waals surface area contributed by atoms with Crippen LogP contribution in [0.25, 0.3) is 6.08 Å². The molecule has 1 fully saturated rings. The molecule has 144 valence electrons. The molecule has 1 aliphatic rings. The number of rotatable bonds is 7. The zero-order valence-electron chi connectivity index (χ0n) is 16.3. The van der Waals surface area contributed by atoms with Gasteiger partial charge in [0.25, 0.3) is 0 Å². The van der Waals surface area contributed by atoms with Crippen molar-refractivity contribution in [2.45, 2.75) is 32.7 Å². The Kier molecular flexibility index (Phi) is 6.45. The molecule has 1 aromatic carbocycles. The van der Waals surface area contributed by atoms with Gasteiger partial charge in [-0.1, -0.05) is 42.5 Å². The highest BCUT2D eigenvalue weighted by atomic mass is 16.5. The van der Waals surface area contributed by atoms with Crippen molar-refractivity contribution in [1.82, 2.24) is 14.5 Å². The van der Waals surface area contributed by atoms with Crippen LogP contribution in [0.3, 0.4) is 0 Å². The van der Waals surface area contributed by atoms with Gasteiger partial charge in [0.2, 0.25) is 0 Å². The quantitative estimate of drug-likeness (QED) is 0.701. The molecule has 1 unspecified atom stereocenters. The lowest BCUT2D eigenvalue weighted by Crippen LogP contribution is -2.48. The fourth-order valence-corrected chi connectivity index (χ4v) is 3.80. The highest BCUT2D eigenvalue weighted by molar-refractivity contribution is 5.77. The Balaban J connectivity index is 1.74. The molecule has 1 saturated heterocycles. The maximum atomic E-state index is 12.9. The van der Waals surface area contributed by atoms with Crippen LogP contribution < -0.4 is 0 Å². The second kappa shape index (κ2) is 9.00. The van der Waals surface area contributed by atoms with Crippen LogP contribution in [0.4, 0.5) is 0 Å². The first-order valence-corrected chi connectivity index (χ1v) is 9.70. The number of likely N-dealkylation sites (tertiary alicyclic amines) is 1. The number of imidazole rings is 1. The summed E-state index contributed by atoms with van der Waals surface area (Å²) in [5.41, 5.74) is 0.669. The molecular weight excluding hydrogens is 338 g/mol. The molecular formula is C22H29N3O2. The zero-order valence-corrected chi connectivity index (χ0v) is 16.3. The summed E-state index contributed by atoms with van der Waals surface area (Å²) in [6.07, 6.45) is 10.5. The van der Waals surface area contributed by atoms with Crippen molar-refractivity contribution in [1.29, 1.82) is 0 Å².